The number of nitrogens with two attached hydrogens (primary N) is 1. The number of hydrogen-bond donors (Lipinski definition) is 1. The first kappa shape index (κ1) is 15.9. The molecule has 1 rings (SSSR count). The third kappa shape index (κ3) is 5.66. The van der Waals surface area contributed by atoms with Crippen molar-refractivity contribution >= 4 is 17.2 Å². The summed E-state index contributed by atoms with van der Waals surface area (Å²) in [5, 5.41) is 0. The minimum Gasteiger partial charge on any atom is -0.393 e. The van der Waals surface area contributed by atoms with Crippen molar-refractivity contribution in [1.82, 2.24) is 0 Å². The van der Waals surface area contributed by atoms with Gasteiger partial charge in [0.05, 0.1) is 11.1 Å². The zero-order chi connectivity index (χ0) is 13.5. The standard InChI is InChI=1S/C15H29NOS/c1-11(2)13-8-7-12(3)10-14(13)17-9-5-4-6-15(16)18/h11-14H,4-10H2,1-3H3,(H2,16,18). The smallest absolute Gasteiger partial charge is 0.0727 e. The summed E-state index contributed by atoms with van der Waals surface area (Å²) in [5.74, 6) is 2.30. The summed E-state index contributed by atoms with van der Waals surface area (Å²) in [6.45, 7) is 7.86. The number of hydrogen-bond acceptors (Lipinski definition) is 2. The Kier molecular flexibility index (Phi) is 7.16. The molecule has 0 amide bonds. The van der Waals surface area contributed by atoms with E-state index in [4.69, 9.17) is 22.7 Å². The first-order valence-electron chi connectivity index (χ1n) is 7.40. The lowest BCUT2D eigenvalue weighted by molar-refractivity contribution is -0.0392. The van der Waals surface area contributed by atoms with Crippen LogP contribution in [0.15, 0.2) is 0 Å². The predicted octanol–water partition coefficient (Wildman–Crippen LogP) is 3.92. The predicted molar refractivity (Wildman–Crippen MR) is 81.7 cm³/mol. The molecule has 2 nitrogen and oxygen atoms in total. The van der Waals surface area contributed by atoms with Crippen molar-refractivity contribution < 1.29 is 4.74 Å². The van der Waals surface area contributed by atoms with E-state index in [1.807, 2.05) is 0 Å². The SMILES string of the molecule is CC1CCC(C(C)C)C(OCCCCC(N)=S)C1. The molecule has 0 bridgehead atoms. The van der Waals surface area contributed by atoms with Crippen molar-refractivity contribution in [3.05, 3.63) is 0 Å². The van der Waals surface area contributed by atoms with E-state index in [1.54, 1.807) is 0 Å². The molecule has 106 valence electrons. The molecule has 1 saturated carbocycles. The van der Waals surface area contributed by atoms with Gasteiger partial charge in [0.1, 0.15) is 0 Å². The van der Waals surface area contributed by atoms with Crippen molar-refractivity contribution in [1.29, 1.82) is 0 Å². The van der Waals surface area contributed by atoms with Gasteiger partial charge >= 0.3 is 0 Å². The molecule has 2 N–H and O–H groups in total. The Morgan fingerprint density at radius 2 is 2.06 bits per heavy atom. The zero-order valence-electron chi connectivity index (χ0n) is 12.2. The number of rotatable bonds is 7. The van der Waals surface area contributed by atoms with E-state index in [0.717, 1.165) is 43.6 Å². The van der Waals surface area contributed by atoms with Crippen LogP contribution >= 0.6 is 12.2 Å². The molecule has 3 unspecified atom stereocenters. The molecule has 1 aliphatic rings. The summed E-state index contributed by atoms with van der Waals surface area (Å²) in [5.41, 5.74) is 5.49. The van der Waals surface area contributed by atoms with E-state index in [0.29, 0.717) is 11.1 Å². The first-order valence-corrected chi connectivity index (χ1v) is 7.81. The van der Waals surface area contributed by atoms with Crippen LogP contribution < -0.4 is 5.73 Å². The fraction of sp³-hybridized carbons (Fsp3) is 0.933. The molecule has 3 heteroatoms. The maximum absolute atomic E-state index is 6.13. The Balaban J connectivity index is 2.26. The van der Waals surface area contributed by atoms with E-state index >= 15 is 0 Å². The van der Waals surface area contributed by atoms with Crippen LogP contribution in [0, 0.1) is 17.8 Å². The van der Waals surface area contributed by atoms with Gasteiger partial charge in [0.2, 0.25) is 0 Å². The fourth-order valence-electron chi connectivity index (χ4n) is 2.94. The summed E-state index contributed by atoms with van der Waals surface area (Å²) >= 11 is 4.88. The van der Waals surface area contributed by atoms with E-state index in [1.165, 1.54) is 19.3 Å². The van der Waals surface area contributed by atoms with Crippen molar-refractivity contribution in [2.75, 3.05) is 6.61 Å². The quantitative estimate of drug-likeness (QED) is 0.563. The van der Waals surface area contributed by atoms with Gasteiger partial charge in [-0.25, -0.2) is 0 Å². The molecular weight excluding hydrogens is 242 g/mol. The Bertz CT molecular complexity index is 255. The van der Waals surface area contributed by atoms with Gasteiger partial charge in [0.25, 0.3) is 0 Å². The molecule has 0 spiro atoms. The monoisotopic (exact) mass is 271 g/mol. The van der Waals surface area contributed by atoms with E-state index in [-0.39, 0.29) is 0 Å². The Morgan fingerprint density at radius 3 is 2.67 bits per heavy atom. The average Bonchev–Trinajstić information content (AvgIpc) is 2.27. The molecule has 0 aromatic rings. The highest BCUT2D eigenvalue weighted by Gasteiger charge is 2.31. The van der Waals surface area contributed by atoms with Crippen molar-refractivity contribution in [3.63, 3.8) is 0 Å². The lowest BCUT2D eigenvalue weighted by atomic mass is 9.75. The maximum Gasteiger partial charge on any atom is 0.0727 e. The molecule has 0 radical (unpaired) electrons. The molecule has 3 atom stereocenters. The highest BCUT2D eigenvalue weighted by molar-refractivity contribution is 7.80. The lowest BCUT2D eigenvalue weighted by Crippen LogP contribution is -2.34. The Morgan fingerprint density at radius 1 is 1.33 bits per heavy atom. The first-order chi connectivity index (χ1) is 8.50. The van der Waals surface area contributed by atoms with Crippen molar-refractivity contribution in [2.45, 2.75) is 65.4 Å². The molecular formula is C15H29NOS. The molecule has 0 aliphatic heterocycles. The molecule has 0 aromatic heterocycles. The van der Waals surface area contributed by atoms with Crippen LogP contribution in [0.5, 0.6) is 0 Å². The van der Waals surface area contributed by atoms with Crippen LogP contribution in [0.25, 0.3) is 0 Å². The van der Waals surface area contributed by atoms with E-state index < -0.39 is 0 Å². The second kappa shape index (κ2) is 8.11. The van der Waals surface area contributed by atoms with E-state index in [9.17, 15) is 0 Å². The normalized spacial score (nSPS) is 28.6. The molecule has 1 aliphatic carbocycles. The molecule has 0 saturated heterocycles. The second-order valence-electron chi connectivity index (χ2n) is 6.16. The van der Waals surface area contributed by atoms with Crippen LogP contribution in [0.2, 0.25) is 0 Å². The van der Waals surface area contributed by atoms with E-state index in [2.05, 4.69) is 20.8 Å². The van der Waals surface area contributed by atoms with Gasteiger partial charge in [0, 0.05) is 6.61 Å². The van der Waals surface area contributed by atoms with Crippen molar-refractivity contribution in [3.8, 4) is 0 Å². The molecule has 0 aromatic carbocycles. The van der Waals surface area contributed by atoms with Gasteiger partial charge in [0.15, 0.2) is 0 Å². The van der Waals surface area contributed by atoms with Crippen LogP contribution in [0.4, 0.5) is 0 Å². The van der Waals surface area contributed by atoms with Crippen LogP contribution in [0.1, 0.15) is 59.3 Å². The lowest BCUT2D eigenvalue weighted by Gasteiger charge is -2.37. The zero-order valence-corrected chi connectivity index (χ0v) is 13.0. The highest BCUT2D eigenvalue weighted by atomic mass is 32.1. The topological polar surface area (TPSA) is 35.2 Å². The van der Waals surface area contributed by atoms with Crippen LogP contribution in [-0.2, 0) is 4.74 Å². The second-order valence-corrected chi connectivity index (χ2v) is 6.68. The summed E-state index contributed by atoms with van der Waals surface area (Å²) in [4.78, 5) is 0.626. The fourth-order valence-corrected chi connectivity index (χ4v) is 3.09. The number of thiocarbonyl (C=S) groups is 1. The minimum absolute atomic E-state index is 0.471. The molecule has 18 heavy (non-hydrogen) atoms. The summed E-state index contributed by atoms with van der Waals surface area (Å²) < 4.78 is 6.13. The van der Waals surface area contributed by atoms with Crippen LogP contribution in [0.3, 0.4) is 0 Å². The molecule has 1 fully saturated rings. The van der Waals surface area contributed by atoms with Gasteiger partial charge in [-0.2, -0.15) is 0 Å². The van der Waals surface area contributed by atoms with Gasteiger partial charge in [-0.15, -0.1) is 0 Å². The Hall–Kier alpha value is -0.150. The minimum atomic E-state index is 0.471. The van der Waals surface area contributed by atoms with Gasteiger partial charge in [-0.3, -0.25) is 0 Å². The maximum atomic E-state index is 6.13. The van der Waals surface area contributed by atoms with Gasteiger partial charge < -0.3 is 10.5 Å². The summed E-state index contributed by atoms with van der Waals surface area (Å²) in [6.07, 6.45) is 7.39. The highest BCUT2D eigenvalue weighted by Crippen LogP contribution is 2.35. The molecule has 0 heterocycles. The average molecular weight is 271 g/mol. The third-order valence-electron chi connectivity index (χ3n) is 4.11. The third-order valence-corrected chi connectivity index (χ3v) is 4.31. The number of ether oxygens (including phenoxy) is 1. The van der Waals surface area contributed by atoms with Gasteiger partial charge in [-0.05, 0) is 49.9 Å². The summed E-state index contributed by atoms with van der Waals surface area (Å²) in [6, 6.07) is 0. The van der Waals surface area contributed by atoms with Crippen molar-refractivity contribution in [2.24, 2.45) is 23.5 Å². The largest absolute Gasteiger partial charge is 0.393 e. The van der Waals surface area contributed by atoms with Crippen LogP contribution in [-0.4, -0.2) is 17.7 Å². The van der Waals surface area contributed by atoms with Gasteiger partial charge in [-0.1, -0.05) is 39.4 Å². The Labute approximate surface area is 118 Å². The number of unbranched alkanes of at least 4 members (excludes halogenated alkanes) is 1. The summed E-state index contributed by atoms with van der Waals surface area (Å²) in [7, 11) is 0.